The minimum atomic E-state index is -0.537. The van der Waals surface area contributed by atoms with Gasteiger partial charge in [0.25, 0.3) is 0 Å². The first-order valence-electron chi connectivity index (χ1n) is 4.73. The Hall–Kier alpha value is -1.20. The third kappa shape index (κ3) is 2.40. The molecule has 2 aromatic rings. The Labute approximate surface area is 110 Å². The molecule has 0 saturated heterocycles. The van der Waals surface area contributed by atoms with Gasteiger partial charge < -0.3 is 4.74 Å². The molecular weight excluding hydrogens is 307 g/mol. The van der Waals surface area contributed by atoms with Crippen molar-refractivity contribution in [2.75, 3.05) is 7.11 Å². The maximum Gasteiger partial charge on any atom is 0.195 e. The molecule has 5 heteroatoms. The zero-order valence-electron chi connectivity index (χ0n) is 8.87. The summed E-state index contributed by atoms with van der Waals surface area (Å²) in [5, 5.41) is 3.54. The summed E-state index contributed by atoms with van der Waals surface area (Å²) in [6.45, 7) is 0. The van der Waals surface area contributed by atoms with E-state index in [0.29, 0.717) is 11.1 Å². The van der Waals surface area contributed by atoms with Gasteiger partial charge in [-0.1, -0.05) is 0 Å². The van der Waals surface area contributed by atoms with Gasteiger partial charge in [0.2, 0.25) is 0 Å². The van der Waals surface area contributed by atoms with Gasteiger partial charge in [-0.15, -0.1) is 0 Å². The fourth-order valence-electron chi connectivity index (χ4n) is 1.41. The fraction of sp³-hybridized carbons (Fsp3) is 0.0833. The number of benzene rings is 1. The van der Waals surface area contributed by atoms with Crippen LogP contribution < -0.4 is 4.74 Å². The first-order chi connectivity index (χ1) is 8.13. The second kappa shape index (κ2) is 4.98. The largest absolute Gasteiger partial charge is 0.494 e. The number of ether oxygens (including phenoxy) is 1. The van der Waals surface area contributed by atoms with Crippen LogP contribution in [0.4, 0.5) is 4.39 Å². The van der Waals surface area contributed by atoms with Crippen molar-refractivity contribution in [3.05, 3.63) is 50.4 Å². The lowest BCUT2D eigenvalue weighted by Gasteiger charge is -2.04. The summed E-state index contributed by atoms with van der Waals surface area (Å²) in [5.74, 6) is -0.615. The molecule has 0 aliphatic carbocycles. The molecule has 0 radical (unpaired) electrons. The second-order valence-corrected chi connectivity index (χ2v) is 4.91. The van der Waals surface area contributed by atoms with Gasteiger partial charge in [0.1, 0.15) is 0 Å². The average Bonchev–Trinajstić information content (AvgIpc) is 2.74. The van der Waals surface area contributed by atoms with Crippen molar-refractivity contribution in [1.29, 1.82) is 0 Å². The number of halogens is 2. The van der Waals surface area contributed by atoms with E-state index in [1.54, 1.807) is 11.4 Å². The van der Waals surface area contributed by atoms with Gasteiger partial charge in [0, 0.05) is 26.4 Å². The number of ketones is 1. The summed E-state index contributed by atoms with van der Waals surface area (Å²) in [6.07, 6.45) is 0. The van der Waals surface area contributed by atoms with Gasteiger partial charge >= 0.3 is 0 Å². The Morgan fingerprint density at radius 1 is 1.41 bits per heavy atom. The molecule has 0 aliphatic rings. The molecule has 0 amide bonds. The molecule has 88 valence electrons. The number of methoxy groups -OCH3 is 1. The Kier molecular flexibility index (Phi) is 3.59. The smallest absolute Gasteiger partial charge is 0.195 e. The van der Waals surface area contributed by atoms with Gasteiger partial charge in [-0.25, -0.2) is 4.39 Å². The predicted molar refractivity (Wildman–Crippen MR) is 68.4 cm³/mol. The Morgan fingerprint density at radius 2 is 2.18 bits per heavy atom. The molecule has 2 rings (SSSR count). The van der Waals surface area contributed by atoms with Crippen LogP contribution in [0.5, 0.6) is 5.75 Å². The van der Waals surface area contributed by atoms with E-state index in [4.69, 9.17) is 4.74 Å². The molecule has 0 unspecified atom stereocenters. The van der Waals surface area contributed by atoms with Crippen molar-refractivity contribution in [1.82, 2.24) is 0 Å². The number of thiophene rings is 1. The number of carbonyl (C=O) groups excluding carboxylic acids is 1. The highest BCUT2D eigenvalue weighted by atomic mass is 79.9. The minimum absolute atomic E-state index is 0.130. The molecule has 0 atom stereocenters. The van der Waals surface area contributed by atoms with E-state index in [1.165, 1.54) is 30.6 Å². The standard InChI is InChI=1S/C12H8BrFO2S/c1-16-11-3-2-7(4-10(11)14)12(15)8-5-17-6-9(8)13/h2-6H,1H3. The zero-order valence-corrected chi connectivity index (χ0v) is 11.3. The van der Waals surface area contributed by atoms with Gasteiger partial charge in [-0.3, -0.25) is 4.79 Å². The lowest BCUT2D eigenvalue weighted by Crippen LogP contribution is -2.01. The van der Waals surface area contributed by atoms with Crippen molar-refractivity contribution >= 4 is 33.0 Å². The molecule has 0 spiro atoms. The van der Waals surface area contributed by atoms with E-state index < -0.39 is 5.82 Å². The Bertz CT molecular complexity index is 565. The van der Waals surface area contributed by atoms with Crippen LogP contribution >= 0.6 is 27.3 Å². The maximum atomic E-state index is 13.5. The molecule has 0 aliphatic heterocycles. The predicted octanol–water partition coefficient (Wildman–Crippen LogP) is 3.89. The SMILES string of the molecule is COc1ccc(C(=O)c2cscc2Br)cc1F. The van der Waals surface area contributed by atoms with Crippen LogP contribution in [0.3, 0.4) is 0 Å². The van der Waals surface area contributed by atoms with Crippen LogP contribution in [-0.4, -0.2) is 12.9 Å². The summed E-state index contributed by atoms with van der Waals surface area (Å²) >= 11 is 4.70. The van der Waals surface area contributed by atoms with Crippen LogP contribution in [0.2, 0.25) is 0 Å². The van der Waals surface area contributed by atoms with Crippen LogP contribution in [0.25, 0.3) is 0 Å². The average molecular weight is 315 g/mol. The highest BCUT2D eigenvalue weighted by molar-refractivity contribution is 9.10. The number of rotatable bonds is 3. The number of hydrogen-bond acceptors (Lipinski definition) is 3. The zero-order chi connectivity index (χ0) is 12.4. The molecule has 1 aromatic heterocycles. The molecule has 0 N–H and O–H groups in total. The van der Waals surface area contributed by atoms with Crippen LogP contribution in [0, 0.1) is 5.82 Å². The van der Waals surface area contributed by atoms with Crippen molar-refractivity contribution in [2.24, 2.45) is 0 Å². The number of hydrogen-bond donors (Lipinski definition) is 0. The maximum absolute atomic E-state index is 13.5. The first-order valence-corrected chi connectivity index (χ1v) is 6.47. The van der Waals surface area contributed by atoms with Gasteiger partial charge in [-0.2, -0.15) is 11.3 Å². The monoisotopic (exact) mass is 314 g/mol. The summed E-state index contributed by atoms with van der Waals surface area (Å²) < 4.78 is 19.0. The van der Waals surface area contributed by atoms with Crippen molar-refractivity contribution in [2.45, 2.75) is 0 Å². The van der Waals surface area contributed by atoms with E-state index in [1.807, 2.05) is 5.38 Å². The molecule has 2 nitrogen and oxygen atoms in total. The molecule has 17 heavy (non-hydrogen) atoms. The third-order valence-electron chi connectivity index (χ3n) is 2.27. The van der Waals surface area contributed by atoms with Crippen LogP contribution in [0.15, 0.2) is 33.4 Å². The highest BCUT2D eigenvalue weighted by Crippen LogP contribution is 2.26. The minimum Gasteiger partial charge on any atom is -0.494 e. The quantitative estimate of drug-likeness (QED) is 0.803. The molecule has 0 fully saturated rings. The topological polar surface area (TPSA) is 26.3 Å². The Balaban J connectivity index is 2.39. The normalized spacial score (nSPS) is 10.3. The van der Waals surface area contributed by atoms with Crippen molar-refractivity contribution in [3.63, 3.8) is 0 Å². The van der Waals surface area contributed by atoms with Gasteiger partial charge in [0.15, 0.2) is 17.3 Å². The number of carbonyl (C=O) groups is 1. The molecular formula is C12H8BrFO2S. The van der Waals surface area contributed by atoms with Crippen LogP contribution in [0.1, 0.15) is 15.9 Å². The summed E-state index contributed by atoms with van der Waals surface area (Å²) in [4.78, 5) is 12.0. The van der Waals surface area contributed by atoms with E-state index in [2.05, 4.69) is 15.9 Å². The van der Waals surface area contributed by atoms with Crippen molar-refractivity contribution < 1.29 is 13.9 Å². The van der Waals surface area contributed by atoms with Crippen molar-refractivity contribution in [3.8, 4) is 5.75 Å². The van der Waals surface area contributed by atoms with E-state index >= 15 is 0 Å². The van der Waals surface area contributed by atoms with E-state index in [0.717, 1.165) is 4.47 Å². The van der Waals surface area contributed by atoms with Gasteiger partial charge in [0.05, 0.1) is 7.11 Å². The molecule has 1 aromatic carbocycles. The van der Waals surface area contributed by atoms with E-state index in [-0.39, 0.29) is 11.5 Å². The molecule has 0 bridgehead atoms. The molecule has 1 heterocycles. The summed E-state index contributed by atoms with van der Waals surface area (Å²) in [7, 11) is 1.38. The lowest BCUT2D eigenvalue weighted by molar-refractivity contribution is 0.103. The summed E-state index contributed by atoms with van der Waals surface area (Å²) in [6, 6.07) is 4.18. The fourth-order valence-corrected chi connectivity index (χ4v) is 2.86. The van der Waals surface area contributed by atoms with Gasteiger partial charge in [-0.05, 0) is 34.1 Å². The second-order valence-electron chi connectivity index (χ2n) is 3.31. The van der Waals surface area contributed by atoms with E-state index in [9.17, 15) is 9.18 Å². The first kappa shape index (κ1) is 12.3. The molecule has 0 saturated carbocycles. The van der Waals surface area contributed by atoms with Crippen LogP contribution in [-0.2, 0) is 0 Å². The Morgan fingerprint density at radius 3 is 2.71 bits per heavy atom. The summed E-state index contributed by atoms with van der Waals surface area (Å²) in [5.41, 5.74) is 0.849. The highest BCUT2D eigenvalue weighted by Gasteiger charge is 2.15. The lowest BCUT2D eigenvalue weighted by atomic mass is 10.1. The third-order valence-corrected chi connectivity index (χ3v) is 3.98.